The average molecular weight is 342 g/mol. The van der Waals surface area contributed by atoms with E-state index in [1.807, 2.05) is 35.8 Å². The minimum atomic E-state index is 0.0261. The first-order valence-electron chi connectivity index (χ1n) is 7.91. The van der Waals surface area contributed by atoms with Gasteiger partial charge in [0, 0.05) is 30.2 Å². The zero-order chi connectivity index (χ0) is 16.4. The average Bonchev–Trinajstić information content (AvgIpc) is 3.28. The van der Waals surface area contributed by atoms with E-state index in [0.717, 1.165) is 23.7 Å². The van der Waals surface area contributed by atoms with E-state index in [-0.39, 0.29) is 6.10 Å². The molecule has 0 spiro atoms. The van der Waals surface area contributed by atoms with Crippen LogP contribution in [0.5, 0.6) is 0 Å². The second-order valence-corrected chi connectivity index (χ2v) is 6.76. The second kappa shape index (κ2) is 6.80. The minimum absolute atomic E-state index is 0.0261. The van der Waals surface area contributed by atoms with Crippen LogP contribution < -0.4 is 0 Å². The molecule has 1 unspecified atom stereocenters. The lowest BCUT2D eigenvalue weighted by Crippen LogP contribution is -2.37. The lowest BCUT2D eigenvalue weighted by Gasteiger charge is -2.30. The third kappa shape index (κ3) is 3.38. The van der Waals surface area contributed by atoms with E-state index in [1.165, 1.54) is 5.56 Å². The van der Waals surface area contributed by atoms with Crippen molar-refractivity contribution in [1.29, 1.82) is 0 Å². The molecule has 3 aromatic rings. The molecule has 0 N–H and O–H groups in total. The number of morpholine rings is 1. The molecule has 2 aromatic heterocycles. The molecule has 1 aliphatic heterocycles. The van der Waals surface area contributed by atoms with Crippen molar-refractivity contribution >= 4 is 11.3 Å². The highest BCUT2D eigenvalue weighted by molar-refractivity contribution is 7.09. The van der Waals surface area contributed by atoms with Crippen LogP contribution in [0.3, 0.4) is 0 Å². The van der Waals surface area contributed by atoms with Crippen molar-refractivity contribution < 1.29 is 9.15 Å². The molecule has 1 aromatic carbocycles. The summed E-state index contributed by atoms with van der Waals surface area (Å²) in [5.74, 6) is 1.19. The predicted molar refractivity (Wildman–Crippen MR) is 90.6 cm³/mol. The van der Waals surface area contributed by atoms with Gasteiger partial charge in [0.1, 0.15) is 11.1 Å². The molecule has 1 saturated heterocycles. The molecule has 1 fully saturated rings. The molecule has 0 saturated carbocycles. The van der Waals surface area contributed by atoms with Crippen molar-refractivity contribution in [3.63, 3.8) is 0 Å². The third-order valence-electron chi connectivity index (χ3n) is 4.00. The lowest BCUT2D eigenvalue weighted by atomic mass is 10.1. The molecule has 24 heavy (non-hydrogen) atoms. The Balaban J connectivity index is 1.43. The molecule has 4 rings (SSSR count). The molecular weight excluding hydrogens is 324 g/mol. The van der Waals surface area contributed by atoms with Crippen molar-refractivity contribution in [3.8, 4) is 11.5 Å². The van der Waals surface area contributed by atoms with E-state index in [2.05, 4.69) is 27.0 Å². The summed E-state index contributed by atoms with van der Waals surface area (Å²) < 4.78 is 11.6. The van der Waals surface area contributed by atoms with Crippen LogP contribution in [0.2, 0.25) is 0 Å². The fraction of sp³-hybridized carbons (Fsp3) is 0.353. The number of rotatable bonds is 4. The van der Waals surface area contributed by atoms with Crippen LogP contribution in [0, 0.1) is 6.92 Å². The first kappa shape index (κ1) is 15.4. The van der Waals surface area contributed by atoms with Gasteiger partial charge < -0.3 is 9.15 Å². The second-order valence-electron chi connectivity index (χ2n) is 5.83. The number of aryl methyl sites for hydroxylation is 1. The normalized spacial score (nSPS) is 18.8. The van der Waals surface area contributed by atoms with Gasteiger partial charge in [-0.25, -0.2) is 4.98 Å². The molecule has 3 heterocycles. The SMILES string of the molecule is Cc1ccc(-c2nnc(CN3CCOC(c4nccs4)C3)o2)cc1. The Bertz CT molecular complexity index is 785. The molecule has 0 aliphatic carbocycles. The number of aromatic nitrogens is 3. The van der Waals surface area contributed by atoms with E-state index in [4.69, 9.17) is 9.15 Å². The van der Waals surface area contributed by atoms with Crippen LogP contribution in [0.1, 0.15) is 22.6 Å². The van der Waals surface area contributed by atoms with Gasteiger partial charge >= 0.3 is 0 Å². The quantitative estimate of drug-likeness (QED) is 0.726. The zero-order valence-electron chi connectivity index (χ0n) is 13.4. The van der Waals surface area contributed by atoms with E-state index in [0.29, 0.717) is 24.9 Å². The summed E-state index contributed by atoms with van der Waals surface area (Å²) in [5.41, 5.74) is 2.15. The van der Waals surface area contributed by atoms with Gasteiger partial charge in [0.15, 0.2) is 0 Å². The standard InChI is InChI=1S/C17H18N4O2S/c1-12-2-4-13(5-3-12)16-20-19-15(23-16)11-21-7-8-22-14(10-21)17-18-6-9-24-17/h2-6,9,14H,7-8,10-11H2,1H3. The van der Waals surface area contributed by atoms with Crippen LogP contribution in [0.25, 0.3) is 11.5 Å². The highest BCUT2D eigenvalue weighted by Gasteiger charge is 2.25. The van der Waals surface area contributed by atoms with Gasteiger partial charge in [0.2, 0.25) is 11.8 Å². The summed E-state index contributed by atoms with van der Waals surface area (Å²) in [4.78, 5) is 6.61. The highest BCUT2D eigenvalue weighted by Crippen LogP contribution is 2.25. The van der Waals surface area contributed by atoms with Gasteiger partial charge in [0.05, 0.1) is 13.2 Å². The Labute approximate surface area is 144 Å². The van der Waals surface area contributed by atoms with E-state index in [9.17, 15) is 0 Å². The van der Waals surface area contributed by atoms with Gasteiger partial charge in [-0.2, -0.15) is 0 Å². The van der Waals surface area contributed by atoms with Gasteiger partial charge in [-0.15, -0.1) is 21.5 Å². The molecule has 7 heteroatoms. The third-order valence-corrected chi connectivity index (χ3v) is 4.87. The van der Waals surface area contributed by atoms with Crippen LogP contribution >= 0.6 is 11.3 Å². The Morgan fingerprint density at radius 1 is 1.25 bits per heavy atom. The van der Waals surface area contributed by atoms with Crippen LogP contribution in [-0.2, 0) is 11.3 Å². The van der Waals surface area contributed by atoms with E-state index >= 15 is 0 Å². The number of thiazole rings is 1. The maximum atomic E-state index is 5.82. The first-order valence-corrected chi connectivity index (χ1v) is 8.78. The molecule has 0 radical (unpaired) electrons. The van der Waals surface area contributed by atoms with E-state index < -0.39 is 0 Å². The topological polar surface area (TPSA) is 64.3 Å². The number of benzene rings is 1. The van der Waals surface area contributed by atoms with Gasteiger partial charge in [0.25, 0.3) is 0 Å². The first-order chi connectivity index (χ1) is 11.8. The van der Waals surface area contributed by atoms with Crippen molar-refractivity contribution in [2.45, 2.75) is 19.6 Å². The fourth-order valence-corrected chi connectivity index (χ4v) is 3.39. The summed E-state index contributed by atoms with van der Waals surface area (Å²) in [6, 6.07) is 8.08. The Hall–Kier alpha value is -2.09. The number of nitrogens with zero attached hydrogens (tertiary/aromatic N) is 4. The summed E-state index contributed by atoms with van der Waals surface area (Å²) in [6.07, 6.45) is 1.84. The van der Waals surface area contributed by atoms with Gasteiger partial charge in [-0.1, -0.05) is 17.7 Å². The number of hydrogen-bond acceptors (Lipinski definition) is 7. The molecular formula is C17H18N4O2S. The monoisotopic (exact) mass is 342 g/mol. The van der Waals surface area contributed by atoms with Crippen LogP contribution in [-0.4, -0.2) is 39.8 Å². The van der Waals surface area contributed by atoms with E-state index in [1.54, 1.807) is 11.3 Å². The maximum absolute atomic E-state index is 5.82. The van der Waals surface area contributed by atoms with Gasteiger partial charge in [-0.05, 0) is 19.1 Å². The molecule has 1 atom stereocenters. The summed E-state index contributed by atoms with van der Waals surface area (Å²) >= 11 is 1.63. The summed E-state index contributed by atoms with van der Waals surface area (Å²) in [6.45, 7) is 5.01. The molecule has 0 amide bonds. The van der Waals surface area contributed by atoms with Crippen molar-refractivity contribution in [1.82, 2.24) is 20.1 Å². The smallest absolute Gasteiger partial charge is 0.247 e. The Kier molecular flexibility index (Phi) is 4.38. The highest BCUT2D eigenvalue weighted by atomic mass is 32.1. The Morgan fingerprint density at radius 3 is 2.92 bits per heavy atom. The van der Waals surface area contributed by atoms with Crippen molar-refractivity contribution in [2.24, 2.45) is 0 Å². The zero-order valence-corrected chi connectivity index (χ0v) is 14.2. The number of hydrogen-bond donors (Lipinski definition) is 0. The van der Waals surface area contributed by atoms with Crippen molar-refractivity contribution in [2.75, 3.05) is 19.7 Å². The molecule has 0 bridgehead atoms. The predicted octanol–water partition coefficient (Wildman–Crippen LogP) is 3.08. The van der Waals surface area contributed by atoms with Crippen molar-refractivity contribution in [3.05, 3.63) is 52.3 Å². The lowest BCUT2D eigenvalue weighted by molar-refractivity contribution is -0.0352. The molecule has 1 aliphatic rings. The Morgan fingerprint density at radius 2 is 2.12 bits per heavy atom. The van der Waals surface area contributed by atoms with Gasteiger partial charge in [-0.3, -0.25) is 4.90 Å². The summed E-state index contributed by atoms with van der Waals surface area (Å²) in [5, 5.41) is 11.3. The largest absolute Gasteiger partial charge is 0.419 e. The van der Waals surface area contributed by atoms with Crippen LogP contribution in [0.15, 0.2) is 40.3 Å². The summed E-state index contributed by atoms with van der Waals surface area (Å²) in [7, 11) is 0. The van der Waals surface area contributed by atoms with Crippen LogP contribution in [0.4, 0.5) is 0 Å². The number of ether oxygens (including phenoxy) is 1. The minimum Gasteiger partial charge on any atom is -0.419 e. The fourth-order valence-electron chi connectivity index (χ4n) is 2.71. The maximum Gasteiger partial charge on any atom is 0.247 e. The molecule has 124 valence electrons. The molecule has 6 nitrogen and oxygen atoms in total.